The molecule has 1 saturated carbocycles. The van der Waals surface area contributed by atoms with E-state index in [1.165, 1.54) is 31.2 Å². The van der Waals surface area contributed by atoms with Gasteiger partial charge in [-0.1, -0.05) is 30.3 Å². The quantitative estimate of drug-likeness (QED) is 0.866. The maximum atomic E-state index is 9.98. The van der Waals surface area contributed by atoms with Crippen LogP contribution in [0.3, 0.4) is 0 Å². The molecule has 2 fully saturated rings. The van der Waals surface area contributed by atoms with Crippen LogP contribution in [0.1, 0.15) is 43.6 Å². The minimum Gasteiger partial charge on any atom is -0.391 e. The molecule has 1 aliphatic heterocycles. The Hall–Kier alpha value is -0.860. The minimum absolute atomic E-state index is 0.0710. The van der Waals surface area contributed by atoms with Crippen molar-refractivity contribution in [1.29, 1.82) is 0 Å². The molecule has 98 valence electrons. The third-order valence-electron chi connectivity index (χ3n) is 4.71. The highest BCUT2D eigenvalue weighted by atomic mass is 16.3. The van der Waals surface area contributed by atoms with Gasteiger partial charge in [-0.15, -0.1) is 0 Å². The van der Waals surface area contributed by atoms with E-state index in [-0.39, 0.29) is 6.10 Å². The van der Waals surface area contributed by atoms with Crippen LogP contribution in [0.4, 0.5) is 0 Å². The molecule has 2 aliphatic rings. The largest absolute Gasteiger partial charge is 0.391 e. The Labute approximate surface area is 110 Å². The van der Waals surface area contributed by atoms with Crippen molar-refractivity contribution in [2.75, 3.05) is 13.1 Å². The molecule has 1 N–H and O–H groups in total. The van der Waals surface area contributed by atoms with E-state index in [1.807, 2.05) is 0 Å². The summed E-state index contributed by atoms with van der Waals surface area (Å²) in [5.41, 5.74) is 1.49. The molecule has 1 aromatic carbocycles. The smallest absolute Gasteiger partial charge is 0.0695 e. The SMILES string of the molecule is O[C@@H]1CCC[C@@H]1N1CCC(c2ccccc2)CC1. The second-order valence-electron chi connectivity index (χ2n) is 5.79. The van der Waals surface area contributed by atoms with Crippen molar-refractivity contribution in [1.82, 2.24) is 4.90 Å². The first-order chi connectivity index (χ1) is 8.84. The Morgan fingerprint density at radius 2 is 1.67 bits per heavy atom. The second kappa shape index (κ2) is 5.41. The third kappa shape index (κ3) is 2.45. The third-order valence-corrected chi connectivity index (χ3v) is 4.71. The number of piperidine rings is 1. The predicted octanol–water partition coefficient (Wildman–Crippen LogP) is 2.78. The molecule has 1 heterocycles. The molecule has 1 aromatic rings. The van der Waals surface area contributed by atoms with E-state index in [0.29, 0.717) is 6.04 Å². The Balaban J connectivity index is 1.58. The zero-order chi connectivity index (χ0) is 12.4. The summed E-state index contributed by atoms with van der Waals surface area (Å²) in [5.74, 6) is 0.723. The molecule has 18 heavy (non-hydrogen) atoms. The van der Waals surface area contributed by atoms with Crippen molar-refractivity contribution >= 4 is 0 Å². The zero-order valence-corrected chi connectivity index (χ0v) is 11.0. The molecule has 0 radical (unpaired) electrons. The van der Waals surface area contributed by atoms with Crippen molar-refractivity contribution in [2.45, 2.75) is 50.2 Å². The molecule has 0 spiro atoms. The predicted molar refractivity (Wildman–Crippen MR) is 73.6 cm³/mol. The number of benzene rings is 1. The molecule has 1 aliphatic carbocycles. The van der Waals surface area contributed by atoms with Gasteiger partial charge in [-0.2, -0.15) is 0 Å². The maximum absolute atomic E-state index is 9.98. The average Bonchev–Trinajstić information content (AvgIpc) is 2.86. The fourth-order valence-electron chi connectivity index (χ4n) is 3.64. The van der Waals surface area contributed by atoms with Crippen LogP contribution < -0.4 is 0 Å². The van der Waals surface area contributed by atoms with Crippen LogP contribution in [0.2, 0.25) is 0 Å². The van der Waals surface area contributed by atoms with Gasteiger partial charge in [0.15, 0.2) is 0 Å². The van der Waals surface area contributed by atoms with E-state index >= 15 is 0 Å². The number of aliphatic hydroxyl groups excluding tert-OH is 1. The van der Waals surface area contributed by atoms with Crippen LogP contribution in [0.5, 0.6) is 0 Å². The van der Waals surface area contributed by atoms with Gasteiger partial charge >= 0.3 is 0 Å². The molecule has 2 heteroatoms. The Bertz CT molecular complexity index is 370. The zero-order valence-electron chi connectivity index (χ0n) is 11.0. The molecule has 0 bridgehead atoms. The van der Waals surface area contributed by atoms with Crippen LogP contribution >= 0.6 is 0 Å². The maximum Gasteiger partial charge on any atom is 0.0695 e. The van der Waals surface area contributed by atoms with Gasteiger partial charge in [0.1, 0.15) is 0 Å². The Morgan fingerprint density at radius 3 is 2.28 bits per heavy atom. The summed E-state index contributed by atoms with van der Waals surface area (Å²) in [6, 6.07) is 11.3. The summed E-state index contributed by atoms with van der Waals surface area (Å²) in [6.07, 6.45) is 5.81. The van der Waals surface area contributed by atoms with Gasteiger partial charge in [-0.3, -0.25) is 4.90 Å². The van der Waals surface area contributed by atoms with E-state index in [9.17, 15) is 5.11 Å². The fraction of sp³-hybridized carbons (Fsp3) is 0.625. The highest BCUT2D eigenvalue weighted by molar-refractivity contribution is 5.20. The van der Waals surface area contributed by atoms with Gasteiger partial charge in [-0.25, -0.2) is 0 Å². The summed E-state index contributed by atoms with van der Waals surface area (Å²) >= 11 is 0. The monoisotopic (exact) mass is 245 g/mol. The lowest BCUT2D eigenvalue weighted by Gasteiger charge is -2.37. The lowest BCUT2D eigenvalue weighted by molar-refractivity contribution is 0.0552. The van der Waals surface area contributed by atoms with E-state index in [2.05, 4.69) is 35.2 Å². The number of rotatable bonds is 2. The number of nitrogens with zero attached hydrogens (tertiary/aromatic N) is 1. The Morgan fingerprint density at radius 1 is 0.944 bits per heavy atom. The molecule has 3 rings (SSSR count). The summed E-state index contributed by atoms with van der Waals surface area (Å²) in [6.45, 7) is 2.31. The van der Waals surface area contributed by atoms with E-state index < -0.39 is 0 Å². The van der Waals surface area contributed by atoms with Gasteiger partial charge in [0, 0.05) is 6.04 Å². The van der Waals surface area contributed by atoms with Crippen LogP contribution in [-0.4, -0.2) is 35.2 Å². The highest BCUT2D eigenvalue weighted by Crippen LogP contribution is 2.32. The molecular formula is C16H23NO. The van der Waals surface area contributed by atoms with Crippen LogP contribution in [0.25, 0.3) is 0 Å². The first-order valence-electron chi connectivity index (χ1n) is 7.31. The van der Waals surface area contributed by atoms with Gasteiger partial charge in [0.05, 0.1) is 6.10 Å². The normalized spacial score (nSPS) is 30.7. The minimum atomic E-state index is -0.0710. The van der Waals surface area contributed by atoms with E-state index in [1.54, 1.807) is 0 Å². The summed E-state index contributed by atoms with van der Waals surface area (Å²) in [7, 11) is 0. The van der Waals surface area contributed by atoms with Gasteiger partial charge in [0.2, 0.25) is 0 Å². The molecule has 0 aromatic heterocycles. The number of hydrogen-bond acceptors (Lipinski definition) is 2. The first kappa shape index (κ1) is 12.2. The van der Waals surface area contributed by atoms with Crippen molar-refractivity contribution in [3.8, 4) is 0 Å². The molecular weight excluding hydrogens is 222 g/mol. The van der Waals surface area contributed by atoms with Crippen LogP contribution in [-0.2, 0) is 0 Å². The van der Waals surface area contributed by atoms with Gasteiger partial charge < -0.3 is 5.11 Å². The molecule has 0 amide bonds. The van der Waals surface area contributed by atoms with Crippen molar-refractivity contribution in [3.05, 3.63) is 35.9 Å². The van der Waals surface area contributed by atoms with Crippen molar-refractivity contribution in [2.24, 2.45) is 0 Å². The average molecular weight is 245 g/mol. The topological polar surface area (TPSA) is 23.5 Å². The van der Waals surface area contributed by atoms with Crippen molar-refractivity contribution in [3.63, 3.8) is 0 Å². The lowest BCUT2D eigenvalue weighted by atomic mass is 9.89. The van der Waals surface area contributed by atoms with Crippen molar-refractivity contribution < 1.29 is 5.11 Å². The lowest BCUT2D eigenvalue weighted by Crippen LogP contribution is -2.44. The van der Waals surface area contributed by atoms with E-state index in [0.717, 1.165) is 25.4 Å². The van der Waals surface area contributed by atoms with Crippen LogP contribution in [0.15, 0.2) is 30.3 Å². The summed E-state index contributed by atoms with van der Waals surface area (Å²) < 4.78 is 0. The van der Waals surface area contributed by atoms with Crippen LogP contribution in [0, 0.1) is 0 Å². The Kier molecular flexibility index (Phi) is 3.67. The second-order valence-corrected chi connectivity index (χ2v) is 5.79. The molecule has 2 atom stereocenters. The molecule has 1 saturated heterocycles. The highest BCUT2D eigenvalue weighted by Gasteiger charge is 2.33. The van der Waals surface area contributed by atoms with Gasteiger partial charge in [0.25, 0.3) is 0 Å². The summed E-state index contributed by atoms with van der Waals surface area (Å²) in [5, 5.41) is 9.98. The fourth-order valence-corrected chi connectivity index (χ4v) is 3.64. The number of aliphatic hydroxyl groups is 1. The molecule has 2 nitrogen and oxygen atoms in total. The first-order valence-corrected chi connectivity index (χ1v) is 7.31. The van der Waals surface area contributed by atoms with E-state index in [4.69, 9.17) is 0 Å². The standard InChI is InChI=1S/C16H23NO/c18-16-8-4-7-15(16)17-11-9-14(10-12-17)13-5-2-1-3-6-13/h1-3,5-6,14-16,18H,4,7-12H2/t15-,16+/m0/s1. The number of likely N-dealkylation sites (tertiary alicyclic amines) is 1. The number of hydrogen-bond donors (Lipinski definition) is 1. The summed E-state index contributed by atoms with van der Waals surface area (Å²) in [4.78, 5) is 2.52. The van der Waals surface area contributed by atoms with Gasteiger partial charge in [-0.05, 0) is 56.7 Å². The molecule has 0 unspecified atom stereocenters.